The third kappa shape index (κ3) is 6.35. The van der Waals surface area contributed by atoms with Gasteiger partial charge in [-0.15, -0.1) is 11.3 Å². The lowest BCUT2D eigenvalue weighted by Crippen LogP contribution is -2.07. The summed E-state index contributed by atoms with van der Waals surface area (Å²) < 4.78 is 27.0. The number of halogens is 2. The van der Waals surface area contributed by atoms with Crippen LogP contribution in [0.3, 0.4) is 0 Å². The molecule has 39 heavy (non-hydrogen) atoms. The number of carbonyl (C=O) groups is 1. The van der Waals surface area contributed by atoms with Crippen molar-refractivity contribution in [2.45, 2.75) is 13.5 Å². The normalized spacial score (nSPS) is 11.2. The van der Waals surface area contributed by atoms with Gasteiger partial charge in [-0.05, 0) is 94.7 Å². The Morgan fingerprint density at radius 2 is 1.87 bits per heavy atom. The second kappa shape index (κ2) is 11.8. The Morgan fingerprint density at radius 3 is 2.64 bits per heavy atom. The SMILES string of the molecule is COc1cc(/C=C/C(=O)Nc2ccc(-c3nc4ccc(C)cc4s3)cc2)cc(Br)c1OCc1ccccc1F. The molecule has 1 heterocycles. The highest BCUT2D eigenvalue weighted by Gasteiger charge is 2.13. The van der Waals surface area contributed by atoms with Gasteiger partial charge in [-0.25, -0.2) is 9.37 Å². The van der Waals surface area contributed by atoms with E-state index in [1.807, 2.05) is 30.3 Å². The highest BCUT2D eigenvalue weighted by molar-refractivity contribution is 9.10. The number of nitrogens with zero attached hydrogens (tertiary/aromatic N) is 1. The fourth-order valence-electron chi connectivity index (χ4n) is 3.95. The van der Waals surface area contributed by atoms with Crippen LogP contribution in [0, 0.1) is 12.7 Å². The van der Waals surface area contributed by atoms with Gasteiger partial charge in [0.15, 0.2) is 11.5 Å². The molecule has 8 heteroatoms. The van der Waals surface area contributed by atoms with Crippen molar-refractivity contribution in [1.82, 2.24) is 4.98 Å². The van der Waals surface area contributed by atoms with Crippen molar-refractivity contribution in [3.8, 4) is 22.1 Å². The van der Waals surface area contributed by atoms with Gasteiger partial charge >= 0.3 is 0 Å². The molecule has 0 bridgehead atoms. The van der Waals surface area contributed by atoms with Crippen molar-refractivity contribution < 1.29 is 18.7 Å². The first-order valence-electron chi connectivity index (χ1n) is 12.1. The molecule has 0 fully saturated rings. The van der Waals surface area contributed by atoms with Crippen molar-refractivity contribution in [2.75, 3.05) is 12.4 Å². The predicted molar refractivity (Wildman–Crippen MR) is 159 cm³/mol. The van der Waals surface area contributed by atoms with Crippen molar-refractivity contribution in [3.63, 3.8) is 0 Å². The van der Waals surface area contributed by atoms with Crippen molar-refractivity contribution in [1.29, 1.82) is 0 Å². The molecule has 0 spiro atoms. The topological polar surface area (TPSA) is 60.5 Å². The van der Waals surface area contributed by atoms with Crippen LogP contribution in [0.4, 0.5) is 10.1 Å². The Kier molecular flexibility index (Phi) is 8.05. The van der Waals surface area contributed by atoms with Crippen LogP contribution in [0.15, 0.2) is 89.4 Å². The molecule has 5 nitrogen and oxygen atoms in total. The second-order valence-corrected chi connectivity index (χ2v) is 10.7. The average molecular weight is 604 g/mol. The summed E-state index contributed by atoms with van der Waals surface area (Å²) >= 11 is 5.14. The molecule has 5 aromatic rings. The summed E-state index contributed by atoms with van der Waals surface area (Å²) in [6, 6.07) is 23.8. The van der Waals surface area contributed by atoms with Crippen LogP contribution in [-0.2, 0) is 11.4 Å². The average Bonchev–Trinajstić information content (AvgIpc) is 3.35. The largest absolute Gasteiger partial charge is 0.493 e. The van der Waals surface area contributed by atoms with Gasteiger partial charge in [0.05, 0.1) is 21.8 Å². The number of ether oxygens (including phenoxy) is 2. The zero-order valence-electron chi connectivity index (χ0n) is 21.2. The number of fused-ring (bicyclic) bond motifs is 1. The van der Waals surface area contributed by atoms with E-state index in [1.54, 1.807) is 47.7 Å². The molecule has 0 aliphatic heterocycles. The van der Waals surface area contributed by atoms with E-state index in [2.05, 4.69) is 40.3 Å². The summed E-state index contributed by atoms with van der Waals surface area (Å²) in [5, 5.41) is 3.82. The summed E-state index contributed by atoms with van der Waals surface area (Å²) in [5.41, 5.74) is 5.04. The smallest absolute Gasteiger partial charge is 0.248 e. The van der Waals surface area contributed by atoms with Gasteiger partial charge in [-0.2, -0.15) is 0 Å². The molecule has 5 rings (SSSR count). The first-order valence-corrected chi connectivity index (χ1v) is 13.7. The molecule has 0 saturated carbocycles. The number of carbonyl (C=O) groups excluding carboxylic acids is 1. The van der Waals surface area contributed by atoms with E-state index in [0.29, 0.717) is 27.2 Å². The maximum Gasteiger partial charge on any atom is 0.248 e. The fourth-order valence-corrected chi connectivity index (χ4v) is 5.59. The fraction of sp³-hybridized carbons (Fsp3) is 0.0968. The van der Waals surface area contributed by atoms with Gasteiger partial charge in [-0.3, -0.25) is 4.79 Å². The van der Waals surface area contributed by atoms with Crippen LogP contribution in [-0.4, -0.2) is 18.0 Å². The summed E-state index contributed by atoms with van der Waals surface area (Å²) in [6.45, 7) is 2.12. The lowest BCUT2D eigenvalue weighted by molar-refractivity contribution is -0.111. The van der Waals surface area contributed by atoms with Gasteiger partial charge < -0.3 is 14.8 Å². The standard InChI is InChI=1S/C31H24BrFN2O3S/c1-19-7-13-26-28(15-19)39-31(35-26)21-9-11-23(12-10-21)34-29(36)14-8-20-16-24(32)30(27(17-20)37-2)38-18-22-5-3-4-6-25(22)33/h3-17H,18H2,1-2H3,(H,34,36)/b14-8+. The van der Waals surface area contributed by atoms with Gasteiger partial charge in [0.2, 0.25) is 5.91 Å². The summed E-state index contributed by atoms with van der Waals surface area (Å²) in [6.07, 6.45) is 3.13. The summed E-state index contributed by atoms with van der Waals surface area (Å²) in [5.74, 6) is 0.305. The zero-order chi connectivity index (χ0) is 27.4. The van der Waals surface area contributed by atoms with Gasteiger partial charge in [0, 0.05) is 22.9 Å². The van der Waals surface area contributed by atoms with E-state index in [1.165, 1.54) is 24.8 Å². The molecule has 0 radical (unpaired) electrons. The number of aromatic nitrogens is 1. The second-order valence-electron chi connectivity index (χ2n) is 8.80. The molecule has 1 amide bonds. The van der Waals surface area contributed by atoms with Crippen molar-refractivity contribution in [2.24, 2.45) is 0 Å². The third-order valence-electron chi connectivity index (χ3n) is 5.95. The number of rotatable bonds is 8. The van der Waals surface area contributed by atoms with Crippen LogP contribution in [0.2, 0.25) is 0 Å². The van der Waals surface area contributed by atoms with Gasteiger partial charge in [0.1, 0.15) is 17.4 Å². The van der Waals surface area contributed by atoms with Crippen LogP contribution in [0.1, 0.15) is 16.7 Å². The van der Waals surface area contributed by atoms with E-state index in [9.17, 15) is 9.18 Å². The Morgan fingerprint density at radius 1 is 1.08 bits per heavy atom. The van der Waals surface area contributed by atoms with E-state index >= 15 is 0 Å². The molecule has 0 atom stereocenters. The first-order chi connectivity index (χ1) is 18.9. The van der Waals surface area contributed by atoms with Crippen LogP contribution < -0.4 is 14.8 Å². The lowest BCUT2D eigenvalue weighted by Gasteiger charge is -2.14. The minimum atomic E-state index is -0.334. The maximum absolute atomic E-state index is 13.9. The molecule has 0 aliphatic carbocycles. The number of nitrogens with one attached hydrogen (secondary N) is 1. The number of methoxy groups -OCH3 is 1. The molecular formula is C31H24BrFN2O3S. The number of thiazole rings is 1. The number of amides is 1. The van der Waals surface area contributed by atoms with Crippen molar-refractivity contribution >= 4 is 55.2 Å². The van der Waals surface area contributed by atoms with Crippen LogP contribution in [0.25, 0.3) is 26.9 Å². The van der Waals surface area contributed by atoms with E-state index in [0.717, 1.165) is 26.4 Å². The molecule has 1 N–H and O–H groups in total. The predicted octanol–water partition coefficient (Wildman–Crippen LogP) is 8.41. The molecular weight excluding hydrogens is 579 g/mol. The molecule has 196 valence electrons. The summed E-state index contributed by atoms with van der Waals surface area (Å²) in [7, 11) is 1.52. The number of hydrogen-bond donors (Lipinski definition) is 1. The van der Waals surface area contributed by atoms with Gasteiger partial charge in [-0.1, -0.05) is 24.3 Å². The highest BCUT2D eigenvalue weighted by Crippen LogP contribution is 2.38. The Bertz CT molecular complexity index is 1680. The van der Waals surface area contributed by atoms with Crippen LogP contribution >= 0.6 is 27.3 Å². The molecule has 1 aromatic heterocycles. The molecule has 0 aliphatic rings. The van der Waals surface area contributed by atoms with Crippen molar-refractivity contribution in [3.05, 3.63) is 112 Å². The summed E-state index contributed by atoms with van der Waals surface area (Å²) in [4.78, 5) is 17.3. The molecule has 4 aromatic carbocycles. The quantitative estimate of drug-likeness (QED) is 0.181. The Hall–Kier alpha value is -4.01. The third-order valence-corrected chi connectivity index (χ3v) is 7.61. The minimum Gasteiger partial charge on any atom is -0.493 e. The highest BCUT2D eigenvalue weighted by atomic mass is 79.9. The van der Waals surface area contributed by atoms with E-state index in [-0.39, 0.29) is 18.3 Å². The molecule has 0 saturated heterocycles. The first kappa shape index (κ1) is 26.6. The Balaban J connectivity index is 1.23. The Labute approximate surface area is 238 Å². The lowest BCUT2D eigenvalue weighted by atomic mass is 10.1. The minimum absolute atomic E-state index is 0.0522. The number of anilines is 1. The van der Waals surface area contributed by atoms with Crippen LogP contribution in [0.5, 0.6) is 11.5 Å². The monoisotopic (exact) mass is 602 g/mol. The van der Waals surface area contributed by atoms with E-state index in [4.69, 9.17) is 14.5 Å². The number of benzene rings is 4. The maximum atomic E-state index is 13.9. The molecule has 0 unspecified atom stereocenters. The zero-order valence-corrected chi connectivity index (χ0v) is 23.6. The van der Waals surface area contributed by atoms with Gasteiger partial charge in [0.25, 0.3) is 0 Å². The number of hydrogen-bond acceptors (Lipinski definition) is 5. The van der Waals surface area contributed by atoms with E-state index < -0.39 is 0 Å². The number of aryl methyl sites for hydroxylation is 1.